The standard InChI is InChI=1S/C16H22N6O2/c1-20(2)10-16(24)8-9-22(11-16)15(23)13-6-4-12(5-7-13)14-17-19-21(3)18-14/h4-7,24H,8-11H2,1-3H3/t16-/m1/s1. The number of nitrogens with zero attached hydrogens (tertiary/aromatic N) is 6. The minimum Gasteiger partial charge on any atom is -0.387 e. The number of likely N-dealkylation sites (N-methyl/N-ethyl adjacent to an activating group) is 1. The van der Waals surface area contributed by atoms with Gasteiger partial charge in [-0.25, -0.2) is 0 Å². The van der Waals surface area contributed by atoms with E-state index in [9.17, 15) is 9.90 Å². The minimum atomic E-state index is -0.831. The van der Waals surface area contributed by atoms with Crippen molar-refractivity contribution in [2.75, 3.05) is 33.7 Å². The van der Waals surface area contributed by atoms with Gasteiger partial charge in [0, 0.05) is 24.2 Å². The Hall–Kier alpha value is -2.32. The molecule has 1 aromatic heterocycles. The minimum absolute atomic E-state index is 0.0664. The molecular formula is C16H22N6O2. The fraction of sp³-hybridized carbons (Fsp3) is 0.500. The van der Waals surface area contributed by atoms with Crippen molar-refractivity contribution in [1.82, 2.24) is 30.0 Å². The van der Waals surface area contributed by atoms with E-state index >= 15 is 0 Å². The maximum Gasteiger partial charge on any atom is 0.253 e. The van der Waals surface area contributed by atoms with Crippen LogP contribution in [0.5, 0.6) is 0 Å². The number of aliphatic hydroxyl groups is 1. The smallest absolute Gasteiger partial charge is 0.253 e. The lowest BCUT2D eigenvalue weighted by molar-refractivity contribution is 0.0236. The summed E-state index contributed by atoms with van der Waals surface area (Å²) >= 11 is 0. The first-order valence-corrected chi connectivity index (χ1v) is 7.87. The van der Waals surface area contributed by atoms with E-state index in [1.165, 1.54) is 4.80 Å². The van der Waals surface area contributed by atoms with Gasteiger partial charge in [-0.3, -0.25) is 4.79 Å². The van der Waals surface area contributed by atoms with Crippen LogP contribution in [-0.2, 0) is 7.05 Å². The third kappa shape index (κ3) is 3.44. The highest BCUT2D eigenvalue weighted by Gasteiger charge is 2.38. The average Bonchev–Trinajstić information content (AvgIpc) is 3.12. The van der Waals surface area contributed by atoms with Gasteiger partial charge in [0.2, 0.25) is 5.82 Å². The van der Waals surface area contributed by atoms with E-state index in [1.807, 2.05) is 31.1 Å². The lowest BCUT2D eigenvalue weighted by atomic mass is 10.0. The number of benzene rings is 1. The number of β-amino-alcohol motifs (C(OH)–C–C–N with tert-alkyl or cyclic N) is 1. The van der Waals surface area contributed by atoms with Crippen LogP contribution >= 0.6 is 0 Å². The van der Waals surface area contributed by atoms with E-state index < -0.39 is 5.60 Å². The van der Waals surface area contributed by atoms with Crippen LogP contribution in [0.3, 0.4) is 0 Å². The third-order valence-corrected chi connectivity index (χ3v) is 4.13. The van der Waals surface area contributed by atoms with E-state index in [4.69, 9.17) is 0 Å². The monoisotopic (exact) mass is 330 g/mol. The number of aryl methyl sites for hydroxylation is 1. The molecule has 1 N–H and O–H groups in total. The van der Waals surface area contributed by atoms with Crippen molar-refractivity contribution in [3.05, 3.63) is 29.8 Å². The van der Waals surface area contributed by atoms with Crippen molar-refractivity contribution in [3.63, 3.8) is 0 Å². The fourth-order valence-electron chi connectivity index (χ4n) is 3.09. The molecule has 2 aromatic rings. The summed E-state index contributed by atoms with van der Waals surface area (Å²) < 4.78 is 0. The van der Waals surface area contributed by atoms with E-state index in [-0.39, 0.29) is 5.91 Å². The number of aromatic nitrogens is 4. The SMILES string of the molecule is CN(C)C[C@]1(O)CCN(C(=O)c2ccc(-c3nnn(C)n3)cc2)C1. The Labute approximate surface area is 140 Å². The molecule has 0 spiro atoms. The van der Waals surface area contributed by atoms with Crippen LogP contribution < -0.4 is 0 Å². The van der Waals surface area contributed by atoms with Crippen molar-refractivity contribution in [2.45, 2.75) is 12.0 Å². The number of rotatable bonds is 4. The Morgan fingerprint density at radius 3 is 2.62 bits per heavy atom. The highest BCUT2D eigenvalue weighted by molar-refractivity contribution is 5.94. The molecule has 1 saturated heterocycles. The molecule has 1 aliphatic heterocycles. The van der Waals surface area contributed by atoms with Gasteiger partial charge in [-0.15, -0.1) is 10.2 Å². The largest absolute Gasteiger partial charge is 0.387 e. The summed E-state index contributed by atoms with van der Waals surface area (Å²) in [7, 11) is 5.54. The number of amides is 1. The molecule has 0 saturated carbocycles. The van der Waals surface area contributed by atoms with Gasteiger partial charge in [0.1, 0.15) is 0 Å². The molecule has 1 aliphatic rings. The Morgan fingerprint density at radius 1 is 1.33 bits per heavy atom. The molecule has 0 aliphatic carbocycles. The second kappa shape index (κ2) is 6.29. The first-order chi connectivity index (χ1) is 11.4. The molecule has 2 heterocycles. The summed E-state index contributed by atoms with van der Waals surface area (Å²) in [5.41, 5.74) is 0.574. The zero-order chi connectivity index (χ0) is 17.3. The van der Waals surface area contributed by atoms with Gasteiger partial charge < -0.3 is 14.9 Å². The molecule has 1 atom stereocenters. The lowest BCUT2D eigenvalue weighted by Gasteiger charge is -2.26. The zero-order valence-corrected chi connectivity index (χ0v) is 14.2. The van der Waals surface area contributed by atoms with Gasteiger partial charge >= 0.3 is 0 Å². The number of likely N-dealkylation sites (tertiary alicyclic amines) is 1. The first-order valence-electron chi connectivity index (χ1n) is 7.87. The fourth-order valence-corrected chi connectivity index (χ4v) is 3.09. The van der Waals surface area contributed by atoms with E-state index in [2.05, 4.69) is 15.4 Å². The summed E-state index contributed by atoms with van der Waals surface area (Å²) in [5.74, 6) is 0.460. The molecule has 1 fully saturated rings. The predicted molar refractivity (Wildman–Crippen MR) is 88.3 cm³/mol. The van der Waals surface area contributed by atoms with Crippen molar-refractivity contribution < 1.29 is 9.90 Å². The highest BCUT2D eigenvalue weighted by Crippen LogP contribution is 2.24. The van der Waals surface area contributed by atoms with Crippen LogP contribution in [-0.4, -0.2) is 80.4 Å². The van der Waals surface area contributed by atoms with E-state index in [1.54, 1.807) is 24.1 Å². The Balaban J connectivity index is 1.70. The average molecular weight is 330 g/mol. The molecule has 3 rings (SSSR count). The number of hydrogen-bond donors (Lipinski definition) is 1. The molecule has 0 radical (unpaired) electrons. The molecule has 128 valence electrons. The molecule has 0 unspecified atom stereocenters. The van der Waals surface area contributed by atoms with Crippen LogP contribution in [0.15, 0.2) is 24.3 Å². The Kier molecular flexibility index (Phi) is 4.33. The zero-order valence-electron chi connectivity index (χ0n) is 14.2. The number of tetrazole rings is 1. The number of carbonyl (C=O) groups excluding carboxylic acids is 1. The van der Waals surface area contributed by atoms with E-state index in [0.717, 1.165) is 5.56 Å². The number of hydrogen-bond acceptors (Lipinski definition) is 6. The maximum absolute atomic E-state index is 12.6. The van der Waals surface area contributed by atoms with Gasteiger partial charge in [0.05, 0.1) is 19.2 Å². The van der Waals surface area contributed by atoms with Crippen LogP contribution in [0.1, 0.15) is 16.8 Å². The van der Waals surface area contributed by atoms with Crippen molar-refractivity contribution >= 4 is 5.91 Å². The van der Waals surface area contributed by atoms with E-state index in [0.29, 0.717) is 37.4 Å². The van der Waals surface area contributed by atoms with Gasteiger partial charge in [-0.1, -0.05) is 12.1 Å². The summed E-state index contributed by atoms with van der Waals surface area (Å²) in [6.07, 6.45) is 0.596. The van der Waals surface area contributed by atoms with Crippen LogP contribution in [0.4, 0.5) is 0 Å². The molecular weight excluding hydrogens is 308 g/mol. The Morgan fingerprint density at radius 2 is 2.04 bits per heavy atom. The van der Waals surface area contributed by atoms with Gasteiger partial charge in [-0.2, -0.15) is 4.80 Å². The van der Waals surface area contributed by atoms with Gasteiger partial charge in [0.25, 0.3) is 5.91 Å². The summed E-state index contributed by atoms with van der Waals surface area (Å²) in [6, 6.07) is 7.15. The summed E-state index contributed by atoms with van der Waals surface area (Å²) in [5, 5.41) is 22.5. The highest BCUT2D eigenvalue weighted by atomic mass is 16.3. The Bertz CT molecular complexity index is 726. The topological polar surface area (TPSA) is 87.4 Å². The van der Waals surface area contributed by atoms with Crippen molar-refractivity contribution in [3.8, 4) is 11.4 Å². The van der Waals surface area contributed by atoms with Crippen LogP contribution in [0.2, 0.25) is 0 Å². The first kappa shape index (κ1) is 16.5. The van der Waals surface area contributed by atoms with Gasteiger partial charge in [0.15, 0.2) is 0 Å². The molecule has 1 aromatic carbocycles. The van der Waals surface area contributed by atoms with Gasteiger partial charge in [-0.05, 0) is 37.9 Å². The molecule has 8 heteroatoms. The van der Waals surface area contributed by atoms with Crippen molar-refractivity contribution in [1.29, 1.82) is 0 Å². The maximum atomic E-state index is 12.6. The van der Waals surface area contributed by atoms with Crippen LogP contribution in [0.25, 0.3) is 11.4 Å². The third-order valence-electron chi connectivity index (χ3n) is 4.13. The van der Waals surface area contributed by atoms with Crippen LogP contribution in [0, 0.1) is 0 Å². The van der Waals surface area contributed by atoms with Crippen molar-refractivity contribution in [2.24, 2.45) is 7.05 Å². The second-order valence-electron chi connectivity index (χ2n) is 6.62. The second-order valence-corrected chi connectivity index (χ2v) is 6.62. The lowest BCUT2D eigenvalue weighted by Crippen LogP contribution is -2.43. The molecule has 1 amide bonds. The summed E-state index contributed by atoms with van der Waals surface area (Å²) in [6.45, 7) is 1.47. The normalized spacial score (nSPS) is 20.8. The summed E-state index contributed by atoms with van der Waals surface area (Å²) in [4.78, 5) is 17.7. The molecule has 8 nitrogen and oxygen atoms in total. The molecule has 0 bridgehead atoms. The molecule has 24 heavy (non-hydrogen) atoms. The predicted octanol–water partition coefficient (Wildman–Crippen LogP) is 0.0157. The number of carbonyl (C=O) groups is 1. The quantitative estimate of drug-likeness (QED) is 0.850.